The Balaban J connectivity index is 1.87. The summed E-state index contributed by atoms with van der Waals surface area (Å²) in [6.07, 6.45) is 0. The fraction of sp³-hybridized carbons (Fsp3) is 0.368. The van der Waals surface area contributed by atoms with Gasteiger partial charge in [-0.25, -0.2) is 4.68 Å². The Hall–Kier alpha value is -2.60. The molecule has 132 valence electrons. The van der Waals surface area contributed by atoms with Crippen molar-refractivity contribution < 1.29 is 5.11 Å². The van der Waals surface area contributed by atoms with Crippen molar-refractivity contribution in [1.29, 1.82) is 0 Å². The lowest BCUT2D eigenvalue weighted by Crippen LogP contribution is -2.09. The molecule has 6 nitrogen and oxygen atoms in total. The molecule has 2 aromatic heterocycles. The van der Waals surface area contributed by atoms with Crippen molar-refractivity contribution in [2.24, 2.45) is 0 Å². The Bertz CT molecular complexity index is 878. The highest BCUT2D eigenvalue weighted by molar-refractivity contribution is 5.61. The molecular formula is C19H25N5O. The van der Waals surface area contributed by atoms with Crippen LogP contribution in [0.5, 0.6) is 0 Å². The zero-order chi connectivity index (χ0) is 18.0. The molecule has 0 aliphatic carbocycles. The number of aromatic nitrogens is 4. The molecule has 0 aliphatic rings. The van der Waals surface area contributed by atoms with E-state index in [2.05, 4.69) is 40.6 Å². The van der Waals surface area contributed by atoms with Crippen LogP contribution < -0.4 is 5.32 Å². The summed E-state index contributed by atoms with van der Waals surface area (Å²) in [5.74, 6) is 0. The van der Waals surface area contributed by atoms with Crippen LogP contribution >= 0.6 is 0 Å². The number of nitrogens with one attached hydrogen (secondary N) is 1. The number of aliphatic hydroxyl groups is 1. The van der Waals surface area contributed by atoms with Gasteiger partial charge in [-0.1, -0.05) is 12.1 Å². The van der Waals surface area contributed by atoms with Crippen LogP contribution in [0, 0.1) is 27.7 Å². The minimum absolute atomic E-state index is 0.0928. The van der Waals surface area contributed by atoms with E-state index in [1.165, 1.54) is 0 Å². The van der Waals surface area contributed by atoms with E-state index in [1.54, 1.807) is 0 Å². The molecule has 25 heavy (non-hydrogen) atoms. The second-order valence-electron chi connectivity index (χ2n) is 6.31. The van der Waals surface area contributed by atoms with Crippen LogP contribution in [0.3, 0.4) is 0 Å². The lowest BCUT2D eigenvalue weighted by atomic mass is 10.2. The molecular weight excluding hydrogens is 314 g/mol. The number of aryl methyl sites for hydroxylation is 3. The highest BCUT2D eigenvalue weighted by Crippen LogP contribution is 2.23. The fourth-order valence-corrected chi connectivity index (χ4v) is 3.17. The van der Waals surface area contributed by atoms with Crippen molar-refractivity contribution in [3.05, 3.63) is 58.7 Å². The topological polar surface area (TPSA) is 67.9 Å². The van der Waals surface area contributed by atoms with Gasteiger partial charge in [0.25, 0.3) is 0 Å². The maximum absolute atomic E-state index is 9.16. The van der Waals surface area contributed by atoms with Gasteiger partial charge in [0.15, 0.2) is 0 Å². The van der Waals surface area contributed by atoms with E-state index in [0.717, 1.165) is 39.7 Å². The number of rotatable bonds is 6. The van der Waals surface area contributed by atoms with E-state index < -0.39 is 0 Å². The summed E-state index contributed by atoms with van der Waals surface area (Å²) >= 11 is 0. The molecule has 0 atom stereocenters. The van der Waals surface area contributed by atoms with Crippen molar-refractivity contribution >= 4 is 5.69 Å². The maximum atomic E-state index is 9.16. The average Bonchev–Trinajstić information content (AvgIpc) is 3.05. The molecule has 3 aromatic rings. The summed E-state index contributed by atoms with van der Waals surface area (Å²) in [6, 6.07) is 10.2. The third kappa shape index (κ3) is 3.44. The predicted molar refractivity (Wildman–Crippen MR) is 99.2 cm³/mol. The number of hydrogen-bond acceptors (Lipinski definition) is 4. The van der Waals surface area contributed by atoms with Crippen LogP contribution in [0.2, 0.25) is 0 Å². The first-order valence-electron chi connectivity index (χ1n) is 8.51. The minimum atomic E-state index is 0.0928. The minimum Gasteiger partial charge on any atom is -0.394 e. The summed E-state index contributed by atoms with van der Waals surface area (Å²) in [5.41, 5.74) is 7.41. The first kappa shape index (κ1) is 17.2. The van der Waals surface area contributed by atoms with E-state index in [0.29, 0.717) is 13.1 Å². The van der Waals surface area contributed by atoms with Gasteiger partial charge in [0.2, 0.25) is 0 Å². The highest BCUT2D eigenvalue weighted by atomic mass is 16.3. The second kappa shape index (κ2) is 7.11. The highest BCUT2D eigenvalue weighted by Gasteiger charge is 2.13. The molecule has 0 spiro atoms. The van der Waals surface area contributed by atoms with Crippen LogP contribution in [0.25, 0.3) is 5.69 Å². The number of nitrogens with zero attached hydrogens (tertiary/aromatic N) is 4. The van der Waals surface area contributed by atoms with Gasteiger partial charge in [-0.2, -0.15) is 10.2 Å². The first-order valence-corrected chi connectivity index (χ1v) is 8.51. The molecule has 0 saturated carbocycles. The van der Waals surface area contributed by atoms with Gasteiger partial charge >= 0.3 is 0 Å². The molecule has 0 bridgehead atoms. The van der Waals surface area contributed by atoms with Gasteiger partial charge in [0.1, 0.15) is 0 Å². The Morgan fingerprint density at radius 2 is 1.84 bits per heavy atom. The van der Waals surface area contributed by atoms with E-state index in [9.17, 15) is 0 Å². The zero-order valence-electron chi connectivity index (χ0n) is 15.2. The Morgan fingerprint density at radius 1 is 1.08 bits per heavy atom. The van der Waals surface area contributed by atoms with Crippen LogP contribution in [0.15, 0.2) is 30.3 Å². The normalized spacial score (nSPS) is 11.1. The lowest BCUT2D eigenvalue weighted by molar-refractivity contribution is 0.268. The molecule has 0 unspecified atom stereocenters. The largest absolute Gasteiger partial charge is 0.394 e. The maximum Gasteiger partial charge on any atom is 0.0880 e. The smallest absolute Gasteiger partial charge is 0.0880 e. The number of aliphatic hydroxyl groups excluding tert-OH is 1. The van der Waals surface area contributed by atoms with Crippen molar-refractivity contribution in [2.45, 2.75) is 40.8 Å². The first-order chi connectivity index (χ1) is 12.0. The van der Waals surface area contributed by atoms with Gasteiger partial charge < -0.3 is 10.4 Å². The Morgan fingerprint density at radius 3 is 2.52 bits per heavy atom. The van der Waals surface area contributed by atoms with E-state index in [4.69, 9.17) is 5.11 Å². The molecule has 6 heteroatoms. The zero-order valence-corrected chi connectivity index (χ0v) is 15.2. The lowest BCUT2D eigenvalue weighted by Gasteiger charge is -2.13. The van der Waals surface area contributed by atoms with E-state index >= 15 is 0 Å². The number of hydrogen-bond donors (Lipinski definition) is 2. The third-order valence-electron chi connectivity index (χ3n) is 4.44. The van der Waals surface area contributed by atoms with Crippen molar-refractivity contribution in [1.82, 2.24) is 19.6 Å². The van der Waals surface area contributed by atoms with Crippen LogP contribution in [0.4, 0.5) is 5.69 Å². The predicted octanol–water partition coefficient (Wildman–Crippen LogP) is 2.91. The van der Waals surface area contributed by atoms with Gasteiger partial charge in [0, 0.05) is 23.5 Å². The standard InChI is InChI=1S/C19H25N5O/c1-13-11-14(2)24(21-13)19-8-6-5-7-18(19)20-12-17-15(3)22-23(9-10-25)16(17)4/h5-8,11,20,25H,9-10,12H2,1-4H3. The molecule has 0 aliphatic heterocycles. The molecule has 1 aromatic carbocycles. The van der Waals surface area contributed by atoms with E-state index in [-0.39, 0.29) is 6.61 Å². The molecule has 3 rings (SSSR count). The Labute approximate surface area is 148 Å². The second-order valence-corrected chi connectivity index (χ2v) is 6.31. The summed E-state index contributed by atoms with van der Waals surface area (Å²) < 4.78 is 3.83. The van der Waals surface area contributed by atoms with Crippen LogP contribution in [-0.2, 0) is 13.1 Å². The molecule has 0 fully saturated rings. The van der Waals surface area contributed by atoms with Gasteiger partial charge in [-0.05, 0) is 45.9 Å². The fourth-order valence-electron chi connectivity index (χ4n) is 3.17. The van der Waals surface area contributed by atoms with E-state index in [1.807, 2.05) is 42.3 Å². The summed E-state index contributed by atoms with van der Waals surface area (Å²) in [5, 5.41) is 21.8. The summed E-state index contributed by atoms with van der Waals surface area (Å²) in [6.45, 7) is 9.40. The molecule has 0 saturated heterocycles. The summed E-state index contributed by atoms with van der Waals surface area (Å²) in [7, 11) is 0. The summed E-state index contributed by atoms with van der Waals surface area (Å²) in [4.78, 5) is 0. The SMILES string of the molecule is Cc1cc(C)n(-c2ccccc2NCc2c(C)nn(CCO)c2C)n1. The molecule has 2 heterocycles. The quantitative estimate of drug-likeness (QED) is 0.724. The van der Waals surface area contributed by atoms with Crippen molar-refractivity contribution in [3.63, 3.8) is 0 Å². The number of anilines is 1. The Kier molecular flexibility index (Phi) is 4.90. The van der Waals surface area contributed by atoms with Crippen molar-refractivity contribution in [2.75, 3.05) is 11.9 Å². The molecule has 0 radical (unpaired) electrons. The van der Waals surface area contributed by atoms with Gasteiger partial charge in [-0.3, -0.25) is 4.68 Å². The van der Waals surface area contributed by atoms with Crippen LogP contribution in [0.1, 0.15) is 28.3 Å². The number of benzene rings is 1. The van der Waals surface area contributed by atoms with Gasteiger partial charge in [-0.15, -0.1) is 0 Å². The number of para-hydroxylation sites is 2. The van der Waals surface area contributed by atoms with Crippen molar-refractivity contribution in [3.8, 4) is 5.69 Å². The molecule has 2 N–H and O–H groups in total. The third-order valence-corrected chi connectivity index (χ3v) is 4.44. The van der Waals surface area contributed by atoms with Crippen LogP contribution in [-0.4, -0.2) is 31.3 Å². The monoisotopic (exact) mass is 339 g/mol. The van der Waals surface area contributed by atoms with Gasteiger partial charge in [0.05, 0.1) is 35.9 Å². The average molecular weight is 339 g/mol. The molecule has 0 amide bonds.